The van der Waals surface area contributed by atoms with E-state index in [2.05, 4.69) is 0 Å². The van der Waals surface area contributed by atoms with Crippen molar-refractivity contribution in [2.24, 2.45) is 0 Å². The van der Waals surface area contributed by atoms with Crippen molar-refractivity contribution in [2.75, 3.05) is 6.61 Å². The van der Waals surface area contributed by atoms with Crippen LogP contribution in [0, 0.1) is 5.82 Å². The van der Waals surface area contributed by atoms with Gasteiger partial charge in [0.05, 0.1) is 12.7 Å². The molecule has 2 atom stereocenters. The largest absolute Gasteiger partial charge is 0.476 e. The Bertz CT molecular complexity index is 431. The third-order valence-electron chi connectivity index (χ3n) is 2.59. The molecule has 0 aromatic heterocycles. The first-order chi connectivity index (χ1) is 8.08. The van der Waals surface area contributed by atoms with Gasteiger partial charge in [0.15, 0.2) is 17.7 Å². The zero-order valence-corrected chi connectivity index (χ0v) is 9.35. The van der Waals surface area contributed by atoms with Gasteiger partial charge in [-0.15, -0.1) is 0 Å². The van der Waals surface area contributed by atoms with Crippen molar-refractivity contribution in [1.29, 1.82) is 0 Å². The van der Waals surface area contributed by atoms with Crippen LogP contribution in [0.3, 0.4) is 0 Å². The summed E-state index contributed by atoms with van der Waals surface area (Å²) in [6, 6.07) is 4.16. The first kappa shape index (κ1) is 11.9. The molecule has 0 aliphatic carbocycles. The lowest BCUT2D eigenvalue weighted by Gasteiger charge is -2.12. The Labute approximate surface area is 98.0 Å². The highest BCUT2D eigenvalue weighted by molar-refractivity contribution is 5.76. The van der Waals surface area contributed by atoms with E-state index in [1.807, 2.05) is 0 Å². The monoisotopic (exact) mass is 240 g/mol. The molecule has 0 amide bonds. The summed E-state index contributed by atoms with van der Waals surface area (Å²) in [6.07, 6.45) is -1.05. The minimum absolute atomic E-state index is 0.00162. The van der Waals surface area contributed by atoms with Crippen molar-refractivity contribution in [3.05, 3.63) is 29.6 Å². The molecule has 2 unspecified atom stereocenters. The highest BCUT2D eigenvalue weighted by atomic mass is 19.1. The predicted octanol–water partition coefficient (Wildman–Crippen LogP) is 1.57. The average molecular weight is 240 g/mol. The van der Waals surface area contributed by atoms with Crippen LogP contribution in [0.15, 0.2) is 18.2 Å². The van der Waals surface area contributed by atoms with E-state index >= 15 is 0 Å². The molecule has 1 fully saturated rings. The molecular weight excluding hydrogens is 227 g/mol. The number of carbonyl (C=O) groups excluding carboxylic acids is 1. The Morgan fingerprint density at radius 2 is 2.35 bits per heavy atom. The summed E-state index contributed by atoms with van der Waals surface area (Å²) in [4.78, 5) is 11.2. The topological polar surface area (TPSA) is 55.8 Å². The van der Waals surface area contributed by atoms with Gasteiger partial charge in [0.25, 0.3) is 0 Å². The van der Waals surface area contributed by atoms with E-state index < -0.39 is 24.0 Å². The summed E-state index contributed by atoms with van der Waals surface area (Å²) < 4.78 is 23.5. The number of cyclic esters (lactones) is 1. The molecule has 1 aromatic carbocycles. The van der Waals surface area contributed by atoms with E-state index in [-0.39, 0.29) is 5.75 Å². The number of hydrogen-bond acceptors (Lipinski definition) is 4. The first-order valence-corrected chi connectivity index (χ1v) is 5.38. The third kappa shape index (κ3) is 2.55. The van der Waals surface area contributed by atoms with Gasteiger partial charge in [-0.05, 0) is 24.6 Å². The van der Waals surface area contributed by atoms with E-state index in [0.717, 1.165) is 0 Å². The molecule has 0 bridgehead atoms. The molecule has 2 rings (SSSR count). The molecule has 92 valence electrons. The molecule has 0 saturated carbocycles. The second-order valence-electron chi connectivity index (χ2n) is 3.93. The first-order valence-electron chi connectivity index (χ1n) is 5.38. The van der Waals surface area contributed by atoms with E-state index in [9.17, 15) is 14.3 Å². The van der Waals surface area contributed by atoms with Gasteiger partial charge in [-0.25, -0.2) is 9.18 Å². The molecule has 1 saturated heterocycles. The number of ether oxygens (including phenoxy) is 2. The van der Waals surface area contributed by atoms with E-state index in [1.165, 1.54) is 12.1 Å². The number of hydrogen-bond donors (Lipinski definition) is 1. The lowest BCUT2D eigenvalue weighted by atomic mass is 10.1. The Kier molecular flexibility index (Phi) is 3.28. The van der Waals surface area contributed by atoms with Crippen LogP contribution in [0.4, 0.5) is 4.39 Å². The van der Waals surface area contributed by atoms with Crippen molar-refractivity contribution in [2.45, 2.75) is 25.6 Å². The van der Waals surface area contributed by atoms with Crippen LogP contribution in [-0.2, 0) is 9.53 Å². The quantitative estimate of drug-likeness (QED) is 0.815. The summed E-state index contributed by atoms with van der Waals surface area (Å²) in [5, 5.41) is 9.28. The SMILES string of the molecule is CC(O)c1ccc(OC2CCOC2=O)c(F)c1. The van der Waals surface area contributed by atoms with Crippen LogP contribution in [-0.4, -0.2) is 23.8 Å². The Balaban J connectivity index is 2.14. The van der Waals surface area contributed by atoms with Gasteiger partial charge in [-0.2, -0.15) is 0 Å². The Morgan fingerprint density at radius 3 is 2.88 bits per heavy atom. The van der Waals surface area contributed by atoms with Crippen molar-refractivity contribution >= 4 is 5.97 Å². The van der Waals surface area contributed by atoms with E-state index in [0.29, 0.717) is 18.6 Å². The minimum Gasteiger partial charge on any atom is -0.476 e. The standard InChI is InChI=1S/C12H13FO4/c1-7(14)8-2-3-10(9(13)6-8)17-11-4-5-16-12(11)15/h2-3,6-7,11,14H,4-5H2,1H3. The van der Waals surface area contributed by atoms with Crippen LogP contribution in [0.5, 0.6) is 5.75 Å². The normalized spacial score (nSPS) is 21.1. The molecule has 17 heavy (non-hydrogen) atoms. The number of carbonyl (C=O) groups is 1. The second-order valence-corrected chi connectivity index (χ2v) is 3.93. The summed E-state index contributed by atoms with van der Waals surface area (Å²) >= 11 is 0. The van der Waals surface area contributed by atoms with Gasteiger partial charge in [0.2, 0.25) is 0 Å². The fraction of sp³-hybridized carbons (Fsp3) is 0.417. The summed E-state index contributed by atoms with van der Waals surface area (Å²) in [5.74, 6) is -1.06. The van der Waals surface area contributed by atoms with Crippen LogP contribution >= 0.6 is 0 Å². The number of esters is 1. The van der Waals surface area contributed by atoms with E-state index in [1.54, 1.807) is 13.0 Å². The maximum absolute atomic E-state index is 13.6. The Morgan fingerprint density at radius 1 is 1.59 bits per heavy atom. The number of aliphatic hydroxyl groups excluding tert-OH is 1. The fourth-order valence-electron chi connectivity index (χ4n) is 1.61. The summed E-state index contributed by atoms with van der Waals surface area (Å²) in [7, 11) is 0. The Hall–Kier alpha value is -1.62. The molecule has 1 aliphatic rings. The van der Waals surface area contributed by atoms with Gasteiger partial charge >= 0.3 is 5.97 Å². The second kappa shape index (κ2) is 4.71. The fourth-order valence-corrected chi connectivity index (χ4v) is 1.61. The van der Waals surface area contributed by atoms with Gasteiger partial charge < -0.3 is 14.6 Å². The molecule has 1 aliphatic heterocycles. The van der Waals surface area contributed by atoms with Crippen LogP contribution in [0.25, 0.3) is 0 Å². The molecule has 0 spiro atoms. The van der Waals surface area contributed by atoms with Crippen molar-refractivity contribution in [1.82, 2.24) is 0 Å². The molecule has 0 radical (unpaired) electrons. The maximum Gasteiger partial charge on any atom is 0.347 e. The summed E-state index contributed by atoms with van der Waals surface area (Å²) in [6.45, 7) is 1.85. The summed E-state index contributed by atoms with van der Waals surface area (Å²) in [5.41, 5.74) is 0.462. The van der Waals surface area contributed by atoms with Crippen LogP contribution in [0.2, 0.25) is 0 Å². The van der Waals surface area contributed by atoms with Gasteiger partial charge in [0, 0.05) is 6.42 Å². The highest BCUT2D eigenvalue weighted by Crippen LogP contribution is 2.24. The molecule has 1 aromatic rings. The molecule has 1 N–H and O–H groups in total. The third-order valence-corrected chi connectivity index (χ3v) is 2.59. The molecule has 1 heterocycles. The number of benzene rings is 1. The molecule has 4 nitrogen and oxygen atoms in total. The average Bonchev–Trinajstić information content (AvgIpc) is 2.67. The minimum atomic E-state index is -0.741. The van der Waals surface area contributed by atoms with Gasteiger partial charge in [-0.1, -0.05) is 6.07 Å². The van der Waals surface area contributed by atoms with Gasteiger partial charge in [-0.3, -0.25) is 0 Å². The number of halogens is 1. The van der Waals surface area contributed by atoms with Crippen molar-refractivity contribution in [3.8, 4) is 5.75 Å². The number of rotatable bonds is 3. The van der Waals surface area contributed by atoms with Gasteiger partial charge in [0.1, 0.15) is 0 Å². The highest BCUT2D eigenvalue weighted by Gasteiger charge is 2.29. The lowest BCUT2D eigenvalue weighted by Crippen LogP contribution is -2.22. The lowest BCUT2D eigenvalue weighted by molar-refractivity contribution is -0.143. The molecular formula is C12H13FO4. The predicted molar refractivity (Wildman–Crippen MR) is 57.0 cm³/mol. The van der Waals surface area contributed by atoms with Crippen LogP contribution < -0.4 is 4.74 Å². The maximum atomic E-state index is 13.6. The smallest absolute Gasteiger partial charge is 0.347 e. The van der Waals surface area contributed by atoms with E-state index in [4.69, 9.17) is 9.47 Å². The van der Waals surface area contributed by atoms with Crippen molar-refractivity contribution in [3.63, 3.8) is 0 Å². The molecule has 5 heteroatoms. The van der Waals surface area contributed by atoms with Crippen molar-refractivity contribution < 1.29 is 23.8 Å². The number of aliphatic hydroxyl groups is 1. The zero-order chi connectivity index (χ0) is 12.4. The zero-order valence-electron chi connectivity index (χ0n) is 9.35. The van der Waals surface area contributed by atoms with Crippen LogP contribution in [0.1, 0.15) is 25.0 Å².